The maximum atomic E-state index is 13.5. The Balaban J connectivity index is 1.60. The van der Waals surface area contributed by atoms with Crippen molar-refractivity contribution in [1.82, 2.24) is 14.8 Å². The lowest BCUT2D eigenvalue weighted by molar-refractivity contribution is -0.115. The van der Waals surface area contributed by atoms with Crippen LogP contribution < -0.4 is 15.4 Å². The van der Waals surface area contributed by atoms with Gasteiger partial charge in [-0.05, 0) is 43.8 Å². The molecule has 0 bridgehead atoms. The van der Waals surface area contributed by atoms with Crippen LogP contribution in [0.5, 0.6) is 5.75 Å². The van der Waals surface area contributed by atoms with E-state index in [4.69, 9.17) is 4.74 Å². The minimum atomic E-state index is -0.337. The average Bonchev–Trinajstić information content (AvgIpc) is 3.16. The molecule has 3 N–H and O–H groups in total. The van der Waals surface area contributed by atoms with Gasteiger partial charge < -0.3 is 29.9 Å². The molecule has 0 saturated heterocycles. The maximum absolute atomic E-state index is 13.5. The van der Waals surface area contributed by atoms with Gasteiger partial charge in [0.25, 0.3) is 5.91 Å². The van der Waals surface area contributed by atoms with Gasteiger partial charge in [0.15, 0.2) is 0 Å². The first-order valence-electron chi connectivity index (χ1n) is 12.0. The fourth-order valence-electron chi connectivity index (χ4n) is 4.69. The van der Waals surface area contributed by atoms with E-state index < -0.39 is 0 Å². The highest BCUT2D eigenvalue weighted by Gasteiger charge is 2.32. The van der Waals surface area contributed by atoms with Gasteiger partial charge >= 0.3 is 0 Å². The van der Waals surface area contributed by atoms with Crippen molar-refractivity contribution >= 4 is 28.4 Å². The molecule has 2 amide bonds. The summed E-state index contributed by atoms with van der Waals surface area (Å²) in [5, 5.41) is 16.9. The fourth-order valence-corrected chi connectivity index (χ4v) is 4.69. The molecule has 35 heavy (non-hydrogen) atoms. The third-order valence-corrected chi connectivity index (χ3v) is 6.68. The molecule has 2 heterocycles. The van der Waals surface area contributed by atoms with Crippen molar-refractivity contribution in [3.05, 3.63) is 59.8 Å². The molecule has 1 aromatic heterocycles. The number of aliphatic hydroxyl groups excluding tert-OH is 1. The summed E-state index contributed by atoms with van der Waals surface area (Å²) >= 11 is 0. The van der Waals surface area contributed by atoms with E-state index in [1.807, 2.05) is 63.0 Å². The van der Waals surface area contributed by atoms with E-state index in [0.717, 1.165) is 16.5 Å². The smallest absolute Gasteiger partial charge is 0.258 e. The summed E-state index contributed by atoms with van der Waals surface area (Å²) in [4.78, 5) is 28.1. The third kappa shape index (κ3) is 5.18. The molecule has 0 aliphatic carbocycles. The number of nitrogens with zero attached hydrogens (tertiary/aromatic N) is 2. The van der Waals surface area contributed by atoms with Gasteiger partial charge in [-0.15, -0.1) is 0 Å². The Morgan fingerprint density at radius 1 is 1.26 bits per heavy atom. The summed E-state index contributed by atoms with van der Waals surface area (Å²) in [7, 11) is 3.83. The Hall–Kier alpha value is -3.36. The molecule has 186 valence electrons. The summed E-state index contributed by atoms with van der Waals surface area (Å²) < 4.78 is 8.25. The van der Waals surface area contributed by atoms with Crippen LogP contribution in [-0.4, -0.2) is 65.3 Å². The second-order valence-electron chi connectivity index (χ2n) is 9.40. The van der Waals surface area contributed by atoms with Crippen LogP contribution in [0.25, 0.3) is 10.9 Å². The fraction of sp³-hybridized carbons (Fsp3) is 0.407. The normalized spacial score (nSPS) is 19.0. The molecule has 3 atom stereocenters. The Morgan fingerprint density at radius 2 is 2.03 bits per heavy atom. The number of carbonyl (C=O) groups excluding carboxylic acids is 2. The quantitative estimate of drug-likeness (QED) is 0.485. The number of likely N-dealkylation sites (N-methyl/N-ethyl adjacent to an activating group) is 1. The molecule has 8 nitrogen and oxygen atoms in total. The number of rotatable bonds is 7. The van der Waals surface area contributed by atoms with Crippen molar-refractivity contribution in [2.24, 2.45) is 13.0 Å². The lowest BCUT2D eigenvalue weighted by Crippen LogP contribution is -2.49. The number of benzene rings is 2. The number of aryl methyl sites for hydroxylation is 1. The monoisotopic (exact) mass is 478 g/mol. The highest BCUT2D eigenvalue weighted by Crippen LogP contribution is 2.30. The number of fused-ring (bicyclic) bond motifs is 2. The van der Waals surface area contributed by atoms with Gasteiger partial charge in [0.2, 0.25) is 5.91 Å². The number of aromatic nitrogens is 1. The third-order valence-electron chi connectivity index (χ3n) is 6.68. The van der Waals surface area contributed by atoms with Crippen LogP contribution in [0.3, 0.4) is 0 Å². The molecule has 1 aliphatic heterocycles. The Kier molecular flexibility index (Phi) is 7.42. The molecule has 0 unspecified atom stereocenters. The van der Waals surface area contributed by atoms with Crippen LogP contribution >= 0.6 is 0 Å². The van der Waals surface area contributed by atoms with E-state index in [9.17, 15) is 14.7 Å². The zero-order chi connectivity index (χ0) is 25.1. The van der Waals surface area contributed by atoms with Crippen molar-refractivity contribution in [2.45, 2.75) is 32.4 Å². The average molecular weight is 479 g/mol. The first-order chi connectivity index (χ1) is 16.8. The maximum Gasteiger partial charge on any atom is 0.258 e. The molecular formula is C27H34N4O4. The zero-order valence-corrected chi connectivity index (χ0v) is 20.7. The van der Waals surface area contributed by atoms with E-state index >= 15 is 0 Å². The second kappa shape index (κ2) is 10.5. The summed E-state index contributed by atoms with van der Waals surface area (Å²) in [5.74, 6) is 0.154. The van der Waals surface area contributed by atoms with E-state index in [-0.39, 0.29) is 42.9 Å². The van der Waals surface area contributed by atoms with Crippen molar-refractivity contribution in [3.63, 3.8) is 0 Å². The van der Waals surface area contributed by atoms with Gasteiger partial charge in [-0.25, -0.2) is 0 Å². The van der Waals surface area contributed by atoms with Crippen molar-refractivity contribution < 1.29 is 19.4 Å². The van der Waals surface area contributed by atoms with Crippen LogP contribution in [0, 0.1) is 5.92 Å². The second-order valence-corrected chi connectivity index (χ2v) is 9.40. The lowest BCUT2D eigenvalue weighted by atomic mass is 9.99. The topological polar surface area (TPSA) is 95.8 Å². The van der Waals surface area contributed by atoms with Crippen LogP contribution in [0.15, 0.2) is 48.7 Å². The summed E-state index contributed by atoms with van der Waals surface area (Å²) in [6, 6.07) is 12.8. The van der Waals surface area contributed by atoms with E-state index in [1.165, 1.54) is 0 Å². The standard InChI is InChI=1S/C27H34N4O4/c1-17-14-31(18(2)16-32)27(34)22-12-20(9-10-24(22)35-25(17)13-28-3)29-26(33)11-19-15-30(4)23-8-6-5-7-21(19)23/h5-10,12,15,17-18,25,28,32H,11,13-14,16H2,1-4H3,(H,29,33)/t17-,18-,25+/m0/s1. The number of carbonyl (C=O) groups is 2. The van der Waals surface area contributed by atoms with E-state index in [1.54, 1.807) is 23.1 Å². The summed E-state index contributed by atoms with van der Waals surface area (Å²) in [5.41, 5.74) is 2.92. The lowest BCUT2D eigenvalue weighted by Gasteiger charge is -2.37. The van der Waals surface area contributed by atoms with Gasteiger partial charge in [-0.3, -0.25) is 9.59 Å². The molecule has 2 aromatic carbocycles. The molecule has 4 rings (SSSR count). The van der Waals surface area contributed by atoms with E-state index in [0.29, 0.717) is 30.1 Å². The molecule has 0 saturated carbocycles. The molecule has 0 fully saturated rings. The van der Waals surface area contributed by atoms with Crippen LogP contribution in [0.2, 0.25) is 0 Å². The minimum Gasteiger partial charge on any atom is -0.488 e. The van der Waals surface area contributed by atoms with Gasteiger partial charge in [0.1, 0.15) is 11.9 Å². The Labute approximate surface area is 205 Å². The number of aliphatic hydroxyl groups is 1. The number of amides is 2. The van der Waals surface area contributed by atoms with E-state index in [2.05, 4.69) is 10.6 Å². The molecule has 0 radical (unpaired) electrons. The summed E-state index contributed by atoms with van der Waals surface area (Å²) in [6.07, 6.45) is 2.05. The van der Waals surface area contributed by atoms with Crippen LogP contribution in [0.1, 0.15) is 29.8 Å². The molecular weight excluding hydrogens is 444 g/mol. The minimum absolute atomic E-state index is 0.0635. The van der Waals surface area contributed by atoms with Crippen LogP contribution in [-0.2, 0) is 18.3 Å². The number of hydrogen-bond donors (Lipinski definition) is 3. The first-order valence-corrected chi connectivity index (χ1v) is 12.0. The Morgan fingerprint density at radius 3 is 2.77 bits per heavy atom. The van der Waals surface area contributed by atoms with Crippen LogP contribution in [0.4, 0.5) is 5.69 Å². The number of anilines is 1. The van der Waals surface area contributed by atoms with Gasteiger partial charge in [-0.1, -0.05) is 25.1 Å². The molecule has 3 aromatic rings. The molecule has 1 aliphatic rings. The largest absolute Gasteiger partial charge is 0.488 e. The number of para-hydroxylation sites is 1. The van der Waals surface area contributed by atoms with Gasteiger partial charge in [-0.2, -0.15) is 0 Å². The predicted molar refractivity (Wildman–Crippen MR) is 137 cm³/mol. The summed E-state index contributed by atoms with van der Waals surface area (Å²) in [6.45, 7) is 4.82. The highest BCUT2D eigenvalue weighted by atomic mass is 16.5. The first kappa shape index (κ1) is 24.8. The number of nitrogens with one attached hydrogen (secondary N) is 2. The van der Waals surface area contributed by atoms with Crippen molar-refractivity contribution in [2.75, 3.05) is 32.1 Å². The number of ether oxygens (including phenoxy) is 1. The Bertz CT molecular complexity index is 1220. The highest BCUT2D eigenvalue weighted by molar-refractivity contribution is 6.00. The predicted octanol–water partition coefficient (Wildman–Crippen LogP) is 2.80. The van der Waals surface area contributed by atoms with Crippen molar-refractivity contribution in [3.8, 4) is 5.75 Å². The van der Waals surface area contributed by atoms with Gasteiger partial charge in [0, 0.05) is 48.8 Å². The van der Waals surface area contributed by atoms with Crippen molar-refractivity contribution in [1.29, 1.82) is 0 Å². The van der Waals surface area contributed by atoms with Gasteiger partial charge in [0.05, 0.1) is 24.6 Å². The zero-order valence-electron chi connectivity index (χ0n) is 20.7. The SMILES string of the molecule is CNC[C@H]1Oc2ccc(NC(=O)Cc3cn(C)c4ccccc34)cc2C(=O)N([C@@H](C)CO)C[C@@H]1C. The number of hydrogen-bond acceptors (Lipinski definition) is 5. The molecule has 0 spiro atoms. The molecule has 8 heteroatoms.